The number of hydrogen-bond donors (Lipinski definition) is 3. The Labute approximate surface area is 184 Å². The molecule has 2 aromatic rings. The maximum atomic E-state index is 13.2. The third kappa shape index (κ3) is 4.70. The Morgan fingerprint density at radius 2 is 2.06 bits per heavy atom. The summed E-state index contributed by atoms with van der Waals surface area (Å²) in [6.45, 7) is 0.879. The molecule has 2 fully saturated rings. The predicted molar refractivity (Wildman–Crippen MR) is 115 cm³/mol. The van der Waals surface area contributed by atoms with Gasteiger partial charge in [-0.2, -0.15) is 0 Å². The fourth-order valence-corrected chi connectivity index (χ4v) is 3.15. The molecule has 0 unspecified atom stereocenters. The lowest BCUT2D eigenvalue weighted by atomic mass is 10.2. The Kier molecular flexibility index (Phi) is 6.31. The quantitative estimate of drug-likeness (QED) is 0.528. The van der Waals surface area contributed by atoms with Crippen molar-refractivity contribution in [3.05, 3.63) is 48.2 Å². The van der Waals surface area contributed by atoms with Gasteiger partial charge < -0.3 is 16.4 Å². The summed E-state index contributed by atoms with van der Waals surface area (Å²) in [4.78, 5) is 52.0. The molecule has 0 radical (unpaired) electrons. The van der Waals surface area contributed by atoms with Gasteiger partial charge in [-0.3, -0.25) is 19.4 Å². The van der Waals surface area contributed by atoms with Gasteiger partial charge in [0.2, 0.25) is 0 Å². The van der Waals surface area contributed by atoms with E-state index >= 15 is 0 Å². The maximum Gasteiger partial charge on any atom is 0.297 e. The number of nitrogens with one attached hydrogen (secondary N) is 2. The third-order valence-corrected chi connectivity index (χ3v) is 4.90. The van der Waals surface area contributed by atoms with Crippen LogP contribution in [0.5, 0.6) is 0 Å². The zero-order valence-corrected chi connectivity index (χ0v) is 17.5. The van der Waals surface area contributed by atoms with Crippen molar-refractivity contribution in [2.24, 2.45) is 10.7 Å². The molecule has 12 nitrogen and oxygen atoms in total. The molecular formula is C20H23N9O3. The summed E-state index contributed by atoms with van der Waals surface area (Å²) in [5.74, 6) is -0.566. The lowest BCUT2D eigenvalue weighted by molar-refractivity contribution is -0.160. The van der Waals surface area contributed by atoms with E-state index in [1.807, 2.05) is 0 Å². The minimum atomic E-state index is -0.590. The number of carbonyl (C=O) groups excluding carboxylic acids is 2. The van der Waals surface area contributed by atoms with Crippen LogP contribution in [0.15, 0.2) is 41.8 Å². The number of hydrogen-bond acceptors (Lipinski definition) is 10. The summed E-state index contributed by atoms with van der Waals surface area (Å²) in [5.41, 5.74) is 7.07. The van der Waals surface area contributed by atoms with Gasteiger partial charge in [-0.05, 0) is 19.3 Å². The standard InChI is InChI=1S/C20H23N9O3/c1-22-16(20(31)29-5-2-6-32-29)14(7-21)28-19(30)17-18(26-13-8-23-11-24-9-13)25-10-15(27-17)12-3-4-12/h7-12H,2-6,21H2,1H3,(H,25,26)(H,28,30). The second-order valence-electron chi connectivity index (χ2n) is 7.22. The van der Waals surface area contributed by atoms with Crippen LogP contribution in [0.25, 0.3) is 0 Å². The first kappa shape index (κ1) is 21.3. The van der Waals surface area contributed by atoms with E-state index in [1.165, 1.54) is 18.4 Å². The van der Waals surface area contributed by atoms with E-state index in [9.17, 15) is 9.59 Å². The van der Waals surface area contributed by atoms with Gasteiger partial charge in [-0.15, -0.1) is 0 Å². The van der Waals surface area contributed by atoms with Crippen LogP contribution in [-0.2, 0) is 9.63 Å². The first-order valence-electron chi connectivity index (χ1n) is 10.1. The average Bonchev–Trinajstić information content (AvgIpc) is 3.52. The van der Waals surface area contributed by atoms with Gasteiger partial charge >= 0.3 is 0 Å². The molecule has 1 saturated carbocycles. The molecule has 4 N–H and O–H groups in total. The molecule has 0 atom stereocenters. The molecule has 3 heterocycles. The zero-order valence-electron chi connectivity index (χ0n) is 17.5. The van der Waals surface area contributed by atoms with Gasteiger partial charge in [0, 0.05) is 19.2 Å². The second kappa shape index (κ2) is 9.47. The molecule has 1 saturated heterocycles. The van der Waals surface area contributed by atoms with Crippen LogP contribution >= 0.6 is 0 Å². The third-order valence-electron chi connectivity index (χ3n) is 4.90. The van der Waals surface area contributed by atoms with Crippen molar-refractivity contribution in [3.63, 3.8) is 0 Å². The molecule has 2 aromatic heterocycles. The number of amides is 2. The molecule has 2 amide bonds. The van der Waals surface area contributed by atoms with E-state index in [1.54, 1.807) is 18.6 Å². The summed E-state index contributed by atoms with van der Waals surface area (Å²) >= 11 is 0. The van der Waals surface area contributed by atoms with Crippen molar-refractivity contribution in [1.82, 2.24) is 30.3 Å². The molecule has 1 aliphatic carbocycles. The maximum absolute atomic E-state index is 13.2. The number of aliphatic imine (C=N–C) groups is 1. The van der Waals surface area contributed by atoms with E-state index in [0.29, 0.717) is 18.8 Å². The lowest BCUT2D eigenvalue weighted by Crippen LogP contribution is -2.39. The van der Waals surface area contributed by atoms with Crippen molar-refractivity contribution >= 4 is 29.0 Å². The van der Waals surface area contributed by atoms with Crippen LogP contribution in [0.2, 0.25) is 0 Å². The predicted octanol–water partition coefficient (Wildman–Crippen LogP) is 0.652. The summed E-state index contributed by atoms with van der Waals surface area (Å²) < 4.78 is 0. The monoisotopic (exact) mass is 437 g/mol. The van der Waals surface area contributed by atoms with Gasteiger partial charge in [-0.1, -0.05) is 0 Å². The van der Waals surface area contributed by atoms with E-state index in [-0.39, 0.29) is 28.8 Å². The van der Waals surface area contributed by atoms with Crippen LogP contribution < -0.4 is 16.4 Å². The molecule has 12 heteroatoms. The number of anilines is 2. The SMILES string of the molecule is CN=C(C(=O)N1CCCO1)C(=CN)NC(=O)c1nc(C2CC2)cnc1Nc1cncnc1. The van der Waals surface area contributed by atoms with Crippen LogP contribution in [0.3, 0.4) is 0 Å². The van der Waals surface area contributed by atoms with Crippen molar-refractivity contribution in [2.75, 3.05) is 25.5 Å². The number of aromatic nitrogens is 4. The van der Waals surface area contributed by atoms with Crippen molar-refractivity contribution in [2.45, 2.75) is 25.2 Å². The normalized spacial score (nSPS) is 16.7. The lowest BCUT2D eigenvalue weighted by Gasteiger charge is -2.17. The summed E-state index contributed by atoms with van der Waals surface area (Å²) in [7, 11) is 1.44. The molecule has 0 bridgehead atoms. The molecule has 4 rings (SSSR count). The number of nitrogens with zero attached hydrogens (tertiary/aromatic N) is 6. The van der Waals surface area contributed by atoms with Crippen molar-refractivity contribution in [1.29, 1.82) is 0 Å². The number of carbonyl (C=O) groups is 2. The zero-order chi connectivity index (χ0) is 22.5. The van der Waals surface area contributed by atoms with Gasteiger partial charge in [0.25, 0.3) is 11.8 Å². The van der Waals surface area contributed by atoms with Crippen LogP contribution in [0.1, 0.15) is 41.4 Å². The fraction of sp³-hybridized carbons (Fsp3) is 0.350. The van der Waals surface area contributed by atoms with Gasteiger partial charge in [0.1, 0.15) is 12.0 Å². The highest BCUT2D eigenvalue weighted by Gasteiger charge is 2.30. The van der Waals surface area contributed by atoms with Crippen molar-refractivity contribution in [3.8, 4) is 0 Å². The Bertz CT molecular complexity index is 1060. The highest BCUT2D eigenvalue weighted by Crippen LogP contribution is 2.39. The Morgan fingerprint density at radius 3 is 2.69 bits per heavy atom. The van der Waals surface area contributed by atoms with E-state index in [2.05, 4.69) is 35.6 Å². The van der Waals surface area contributed by atoms with E-state index < -0.39 is 11.8 Å². The molecule has 166 valence electrons. The molecule has 1 aliphatic heterocycles. The topological polar surface area (TPSA) is 161 Å². The molecule has 0 spiro atoms. The first-order chi connectivity index (χ1) is 15.6. The minimum absolute atomic E-state index is 0.0278. The summed E-state index contributed by atoms with van der Waals surface area (Å²) in [6, 6.07) is 0. The van der Waals surface area contributed by atoms with Gasteiger partial charge in [0.15, 0.2) is 11.5 Å². The highest BCUT2D eigenvalue weighted by atomic mass is 16.7. The van der Waals surface area contributed by atoms with Crippen LogP contribution in [-0.4, -0.2) is 62.7 Å². The summed E-state index contributed by atoms with van der Waals surface area (Å²) in [5, 5.41) is 6.85. The molecule has 0 aromatic carbocycles. The van der Waals surface area contributed by atoms with Crippen molar-refractivity contribution < 1.29 is 14.4 Å². The smallest absolute Gasteiger partial charge is 0.297 e. The fourth-order valence-electron chi connectivity index (χ4n) is 3.15. The van der Waals surface area contributed by atoms with E-state index in [0.717, 1.165) is 31.2 Å². The Balaban J connectivity index is 1.59. The minimum Gasteiger partial charge on any atom is -0.403 e. The molecule has 2 aliphatic rings. The first-order valence-corrected chi connectivity index (χ1v) is 10.1. The average molecular weight is 437 g/mol. The number of nitrogens with two attached hydrogens (primary N) is 1. The Hall–Kier alpha value is -3.93. The van der Waals surface area contributed by atoms with Gasteiger partial charge in [0.05, 0.1) is 48.8 Å². The molecular weight excluding hydrogens is 414 g/mol. The largest absolute Gasteiger partial charge is 0.403 e. The number of hydroxylamine groups is 2. The highest BCUT2D eigenvalue weighted by molar-refractivity contribution is 6.45. The van der Waals surface area contributed by atoms with E-state index in [4.69, 9.17) is 10.6 Å². The number of rotatable bonds is 7. The van der Waals surface area contributed by atoms with Crippen LogP contribution in [0.4, 0.5) is 11.5 Å². The van der Waals surface area contributed by atoms with Gasteiger partial charge in [-0.25, -0.2) is 25.0 Å². The van der Waals surface area contributed by atoms with Crippen LogP contribution in [0, 0.1) is 0 Å². The summed E-state index contributed by atoms with van der Waals surface area (Å²) in [6.07, 6.45) is 9.97. The molecule has 32 heavy (non-hydrogen) atoms. The Morgan fingerprint density at radius 1 is 1.28 bits per heavy atom. The second-order valence-corrected chi connectivity index (χ2v) is 7.22.